The van der Waals surface area contributed by atoms with Crippen molar-refractivity contribution in [2.45, 2.75) is 44.2 Å². The van der Waals surface area contributed by atoms with Crippen molar-refractivity contribution < 1.29 is 23.8 Å². The molecule has 3 aliphatic heterocycles. The Morgan fingerprint density at radius 2 is 1.95 bits per heavy atom. The van der Waals surface area contributed by atoms with E-state index in [0.717, 1.165) is 19.6 Å². The lowest BCUT2D eigenvalue weighted by molar-refractivity contribution is -0.133. The molecule has 0 spiro atoms. The molecule has 3 aliphatic rings. The van der Waals surface area contributed by atoms with Crippen molar-refractivity contribution in [2.75, 3.05) is 33.3 Å². The fourth-order valence-corrected chi connectivity index (χ4v) is 6.40. The Morgan fingerprint density at radius 1 is 1.16 bits per heavy atom. The van der Waals surface area contributed by atoms with Gasteiger partial charge in [0.25, 0.3) is 5.91 Å². The minimum Gasteiger partial charge on any atom is -0.508 e. The summed E-state index contributed by atoms with van der Waals surface area (Å²) < 4.78 is 20.8. The number of benzene rings is 2. The fraction of sp³-hybridized carbons (Fsp3) is 0.429. The largest absolute Gasteiger partial charge is 0.508 e. The van der Waals surface area contributed by atoms with Crippen LogP contribution in [0.1, 0.15) is 49.0 Å². The number of halogens is 1. The molecule has 0 unspecified atom stereocenters. The summed E-state index contributed by atoms with van der Waals surface area (Å²) >= 11 is 0. The predicted octanol–water partition coefficient (Wildman–Crippen LogP) is 4.18. The van der Waals surface area contributed by atoms with Crippen LogP contribution in [0.2, 0.25) is 0 Å². The monoisotopic (exact) mass is 506 g/mol. The van der Waals surface area contributed by atoms with Gasteiger partial charge in [0.1, 0.15) is 17.3 Å². The molecule has 2 aromatic carbocycles. The zero-order valence-electron chi connectivity index (χ0n) is 21.1. The number of H-pyrrole nitrogens is 1. The third-order valence-electron chi connectivity index (χ3n) is 8.19. The molecule has 0 bridgehead atoms. The number of methoxy groups -OCH3 is 1. The highest BCUT2D eigenvalue weighted by atomic mass is 19.1. The average molecular weight is 507 g/mol. The number of urea groups is 1. The van der Waals surface area contributed by atoms with Crippen LogP contribution in [0.5, 0.6) is 11.5 Å². The van der Waals surface area contributed by atoms with E-state index in [2.05, 4.69) is 9.88 Å². The summed E-state index contributed by atoms with van der Waals surface area (Å²) in [6.45, 7) is 5.07. The number of aromatic hydroxyl groups is 1. The number of amides is 3. The fourth-order valence-electron chi connectivity index (χ4n) is 6.40. The molecule has 8 nitrogen and oxygen atoms in total. The van der Waals surface area contributed by atoms with Gasteiger partial charge in [-0.15, -0.1) is 0 Å². The number of likely N-dealkylation sites (tertiary alicyclic amines) is 1. The maximum atomic E-state index is 15.6. The predicted molar refractivity (Wildman–Crippen MR) is 136 cm³/mol. The van der Waals surface area contributed by atoms with E-state index < -0.39 is 17.4 Å². The van der Waals surface area contributed by atoms with Crippen molar-refractivity contribution in [1.82, 2.24) is 19.7 Å². The number of phenolic OH excluding ortho intramolecular Hbond substituents is 1. The molecule has 9 heteroatoms. The Kier molecular flexibility index (Phi) is 5.63. The van der Waals surface area contributed by atoms with Crippen molar-refractivity contribution in [1.29, 1.82) is 0 Å². The Balaban J connectivity index is 1.45. The summed E-state index contributed by atoms with van der Waals surface area (Å²) in [6, 6.07) is 8.93. The summed E-state index contributed by atoms with van der Waals surface area (Å²) in [7, 11) is 1.42. The molecule has 2 fully saturated rings. The van der Waals surface area contributed by atoms with E-state index in [4.69, 9.17) is 4.74 Å². The van der Waals surface area contributed by atoms with Gasteiger partial charge >= 0.3 is 6.03 Å². The number of carbonyl (C=O) groups excluding carboxylic acids is 2. The topological polar surface area (TPSA) is 89.1 Å². The molecule has 3 aromatic rings. The van der Waals surface area contributed by atoms with E-state index in [1.165, 1.54) is 24.9 Å². The molecule has 2 saturated heterocycles. The molecular formula is C28H31FN4O4. The molecule has 194 valence electrons. The Bertz CT molecular complexity index is 1400. The number of fused-ring (bicyclic) bond motifs is 4. The second-order valence-electron chi connectivity index (χ2n) is 10.5. The smallest absolute Gasteiger partial charge is 0.328 e. The molecule has 3 amide bonds. The van der Waals surface area contributed by atoms with Gasteiger partial charge in [-0.3, -0.25) is 14.6 Å². The van der Waals surface area contributed by atoms with Crippen molar-refractivity contribution in [2.24, 2.45) is 0 Å². The summed E-state index contributed by atoms with van der Waals surface area (Å²) in [5.41, 5.74) is 1.31. The third-order valence-corrected chi connectivity index (χ3v) is 8.19. The lowest BCUT2D eigenvalue weighted by Crippen LogP contribution is -2.53. The normalized spacial score (nSPS) is 23.7. The van der Waals surface area contributed by atoms with Gasteiger partial charge in [0.05, 0.1) is 7.11 Å². The maximum Gasteiger partial charge on any atom is 0.328 e. The Labute approximate surface area is 214 Å². The second-order valence-corrected chi connectivity index (χ2v) is 10.5. The minimum atomic E-state index is -1.20. The van der Waals surface area contributed by atoms with Gasteiger partial charge < -0.3 is 19.7 Å². The highest BCUT2D eigenvalue weighted by molar-refractivity contribution is 6.08. The van der Waals surface area contributed by atoms with Crippen LogP contribution in [-0.2, 0) is 11.2 Å². The standard InChI is InChI=1S/C28H31FN4O4/c1-28-16-19-22-20(9-10-21(37-2)23(22)29)30-24(19)25(17-7-5-8-18(34)15-17)33(28)27(36)32(26(28)35)14-6-13-31-11-3-4-12-31/h5,7-10,15,25,30,34H,3-4,6,11-14,16H2,1-2H3/t25-,28+/m1/s1. The Morgan fingerprint density at radius 3 is 2.68 bits per heavy atom. The zero-order chi connectivity index (χ0) is 25.9. The van der Waals surface area contributed by atoms with Crippen LogP contribution in [-0.4, -0.2) is 75.6 Å². The van der Waals surface area contributed by atoms with Crippen LogP contribution in [0.15, 0.2) is 36.4 Å². The Hall–Kier alpha value is -3.59. The summed E-state index contributed by atoms with van der Waals surface area (Å²) in [6.07, 6.45) is 3.26. The van der Waals surface area contributed by atoms with Crippen LogP contribution >= 0.6 is 0 Å². The molecule has 1 aromatic heterocycles. The number of aromatic amines is 1. The molecule has 6 rings (SSSR count). The molecule has 0 saturated carbocycles. The van der Waals surface area contributed by atoms with Gasteiger partial charge in [0.2, 0.25) is 0 Å². The van der Waals surface area contributed by atoms with E-state index in [-0.39, 0.29) is 29.9 Å². The summed E-state index contributed by atoms with van der Waals surface area (Å²) in [5, 5.41) is 10.6. The third kappa shape index (κ3) is 3.59. The van der Waals surface area contributed by atoms with Gasteiger partial charge in [-0.2, -0.15) is 0 Å². The molecule has 37 heavy (non-hydrogen) atoms. The number of carbonyl (C=O) groups is 2. The molecule has 0 aliphatic carbocycles. The highest BCUT2D eigenvalue weighted by Crippen LogP contribution is 2.49. The van der Waals surface area contributed by atoms with Crippen molar-refractivity contribution >= 4 is 22.8 Å². The van der Waals surface area contributed by atoms with E-state index in [9.17, 15) is 14.7 Å². The van der Waals surface area contributed by atoms with Gasteiger partial charge in [-0.05, 0) is 81.2 Å². The van der Waals surface area contributed by atoms with Crippen LogP contribution in [0.3, 0.4) is 0 Å². The van der Waals surface area contributed by atoms with Crippen LogP contribution in [0.4, 0.5) is 9.18 Å². The SMILES string of the molecule is COc1ccc2[nH]c3c(c2c1F)C[C@@]1(C)C(=O)N(CCCN2CCCC2)C(=O)N1[C@@H]3c1cccc(O)c1. The first-order valence-electron chi connectivity index (χ1n) is 12.9. The second kappa shape index (κ2) is 8.76. The maximum absolute atomic E-state index is 15.6. The first-order valence-corrected chi connectivity index (χ1v) is 12.9. The zero-order valence-corrected chi connectivity index (χ0v) is 21.1. The first-order chi connectivity index (χ1) is 17.8. The van der Waals surface area contributed by atoms with Gasteiger partial charge in [0.15, 0.2) is 11.6 Å². The van der Waals surface area contributed by atoms with Gasteiger partial charge in [-0.1, -0.05) is 12.1 Å². The first kappa shape index (κ1) is 23.8. The minimum absolute atomic E-state index is 0.0516. The molecule has 2 atom stereocenters. The molecule has 2 N–H and O–H groups in total. The van der Waals surface area contributed by atoms with E-state index in [1.807, 2.05) is 6.07 Å². The summed E-state index contributed by atoms with van der Waals surface area (Å²) in [4.78, 5) is 36.4. The number of hydrogen-bond acceptors (Lipinski definition) is 5. The van der Waals surface area contributed by atoms with Crippen molar-refractivity contribution in [3.8, 4) is 11.5 Å². The number of aromatic nitrogens is 1. The number of rotatable bonds is 6. The number of phenols is 1. The van der Waals surface area contributed by atoms with Gasteiger partial charge in [-0.25, -0.2) is 9.18 Å². The average Bonchev–Trinajstić information content (AvgIpc) is 3.57. The number of imide groups is 1. The van der Waals surface area contributed by atoms with Crippen LogP contribution in [0, 0.1) is 5.82 Å². The lowest BCUT2D eigenvalue weighted by atomic mass is 9.81. The molecule has 4 heterocycles. The number of nitrogens with zero attached hydrogens (tertiary/aromatic N) is 3. The van der Waals surface area contributed by atoms with E-state index in [1.54, 1.807) is 42.2 Å². The van der Waals surface area contributed by atoms with Crippen LogP contribution in [0.25, 0.3) is 10.9 Å². The quantitative estimate of drug-likeness (QED) is 0.490. The van der Waals surface area contributed by atoms with Gasteiger partial charge in [0, 0.05) is 29.6 Å². The van der Waals surface area contributed by atoms with Crippen molar-refractivity contribution in [3.05, 3.63) is 59.0 Å². The van der Waals surface area contributed by atoms with E-state index in [0.29, 0.717) is 40.7 Å². The number of ether oxygens (including phenoxy) is 1. The highest BCUT2D eigenvalue weighted by Gasteiger charge is 2.60. The van der Waals surface area contributed by atoms with Crippen molar-refractivity contribution in [3.63, 3.8) is 0 Å². The molecular weight excluding hydrogens is 475 g/mol. The number of nitrogens with one attached hydrogen (secondary N) is 1. The lowest BCUT2D eigenvalue weighted by Gasteiger charge is -2.42. The summed E-state index contributed by atoms with van der Waals surface area (Å²) in [5.74, 6) is -0.597. The van der Waals surface area contributed by atoms with Crippen LogP contribution < -0.4 is 4.74 Å². The molecule has 0 radical (unpaired) electrons. The number of hydrogen-bond donors (Lipinski definition) is 2. The van der Waals surface area contributed by atoms with E-state index >= 15 is 4.39 Å².